The lowest BCUT2D eigenvalue weighted by Gasteiger charge is -2.30. The van der Waals surface area contributed by atoms with E-state index in [0.717, 1.165) is 11.1 Å². The summed E-state index contributed by atoms with van der Waals surface area (Å²) in [4.78, 5) is 0. The number of aliphatic hydroxyl groups is 1. The molecule has 2 atom stereocenters. The Kier molecular flexibility index (Phi) is 3.40. The Morgan fingerprint density at radius 2 is 1.74 bits per heavy atom. The largest absolute Gasteiger partial charge is 0.485 e. The van der Waals surface area contributed by atoms with E-state index in [4.69, 9.17) is 27.9 Å². The number of para-hydroxylation sites is 1. The molecule has 0 amide bonds. The summed E-state index contributed by atoms with van der Waals surface area (Å²) in [5.41, 5.74) is 1.71. The first kappa shape index (κ1) is 12.8. The van der Waals surface area contributed by atoms with Crippen LogP contribution in [0.3, 0.4) is 0 Å². The van der Waals surface area contributed by atoms with Crippen molar-refractivity contribution in [2.75, 3.05) is 0 Å². The number of hydrogen-bond acceptors (Lipinski definition) is 2. The maximum absolute atomic E-state index is 10.2. The molecule has 0 bridgehead atoms. The van der Waals surface area contributed by atoms with Crippen LogP contribution in [0.4, 0.5) is 0 Å². The van der Waals surface area contributed by atoms with Gasteiger partial charge in [0.1, 0.15) is 11.9 Å². The number of halogens is 2. The molecule has 0 aromatic heterocycles. The maximum atomic E-state index is 10.2. The van der Waals surface area contributed by atoms with Crippen molar-refractivity contribution in [1.82, 2.24) is 0 Å². The van der Waals surface area contributed by atoms with Crippen LogP contribution in [0.5, 0.6) is 5.75 Å². The first-order valence-electron chi connectivity index (χ1n) is 6.03. The molecule has 4 heteroatoms. The predicted molar refractivity (Wildman–Crippen MR) is 75.8 cm³/mol. The van der Waals surface area contributed by atoms with E-state index in [1.807, 2.05) is 36.4 Å². The number of rotatable bonds is 1. The van der Waals surface area contributed by atoms with Crippen LogP contribution in [-0.4, -0.2) is 5.11 Å². The van der Waals surface area contributed by atoms with Crippen LogP contribution in [0.1, 0.15) is 29.8 Å². The normalized spacial score (nSPS) is 21.6. The van der Waals surface area contributed by atoms with Gasteiger partial charge in [-0.25, -0.2) is 0 Å². The van der Waals surface area contributed by atoms with Crippen LogP contribution in [0, 0.1) is 0 Å². The standard InChI is InChI=1S/C15H12Cl2O2/c16-10-5-9(6-11(17)7-10)15-8-13(18)12-3-1-2-4-14(12)19-15/h1-7,13,15,18H,8H2/t13-,15?/m1/s1. The van der Waals surface area contributed by atoms with E-state index in [0.29, 0.717) is 22.2 Å². The van der Waals surface area contributed by atoms with Crippen molar-refractivity contribution in [1.29, 1.82) is 0 Å². The zero-order valence-corrected chi connectivity index (χ0v) is 11.5. The molecule has 1 aliphatic rings. The molecule has 19 heavy (non-hydrogen) atoms. The van der Waals surface area contributed by atoms with Gasteiger partial charge in [0.15, 0.2) is 0 Å². The van der Waals surface area contributed by atoms with E-state index in [1.165, 1.54) is 0 Å². The summed E-state index contributed by atoms with van der Waals surface area (Å²) in [6.45, 7) is 0. The molecule has 0 fully saturated rings. The minimum absolute atomic E-state index is 0.235. The lowest BCUT2D eigenvalue weighted by atomic mass is 9.95. The van der Waals surface area contributed by atoms with Crippen molar-refractivity contribution >= 4 is 23.2 Å². The maximum Gasteiger partial charge on any atom is 0.127 e. The fourth-order valence-electron chi connectivity index (χ4n) is 2.36. The molecule has 1 aliphatic heterocycles. The number of benzene rings is 2. The van der Waals surface area contributed by atoms with E-state index < -0.39 is 6.10 Å². The third kappa shape index (κ3) is 2.57. The van der Waals surface area contributed by atoms with Crippen LogP contribution in [0.25, 0.3) is 0 Å². The van der Waals surface area contributed by atoms with Gasteiger partial charge in [-0.2, -0.15) is 0 Å². The van der Waals surface area contributed by atoms with Crippen LogP contribution >= 0.6 is 23.2 Å². The van der Waals surface area contributed by atoms with Gasteiger partial charge in [0.05, 0.1) is 6.10 Å². The van der Waals surface area contributed by atoms with Crippen LogP contribution in [-0.2, 0) is 0 Å². The fourth-order valence-corrected chi connectivity index (χ4v) is 2.90. The van der Waals surface area contributed by atoms with Crippen molar-refractivity contribution in [2.45, 2.75) is 18.6 Å². The Morgan fingerprint density at radius 3 is 2.47 bits per heavy atom. The molecule has 0 aliphatic carbocycles. The monoisotopic (exact) mass is 294 g/mol. The van der Waals surface area contributed by atoms with E-state index >= 15 is 0 Å². The lowest BCUT2D eigenvalue weighted by Crippen LogP contribution is -2.18. The molecule has 0 spiro atoms. The van der Waals surface area contributed by atoms with Gasteiger partial charge in [-0.1, -0.05) is 41.4 Å². The molecule has 0 saturated heterocycles. The van der Waals surface area contributed by atoms with Gasteiger partial charge in [-0.15, -0.1) is 0 Å². The average molecular weight is 295 g/mol. The third-order valence-corrected chi connectivity index (χ3v) is 3.68. The van der Waals surface area contributed by atoms with E-state index in [-0.39, 0.29) is 6.10 Å². The predicted octanol–water partition coefficient (Wildman–Crippen LogP) is 4.55. The lowest BCUT2D eigenvalue weighted by molar-refractivity contribution is 0.0657. The van der Waals surface area contributed by atoms with E-state index in [1.54, 1.807) is 6.07 Å². The highest BCUT2D eigenvalue weighted by atomic mass is 35.5. The number of hydrogen-bond donors (Lipinski definition) is 1. The second-order valence-electron chi connectivity index (χ2n) is 4.60. The quantitative estimate of drug-likeness (QED) is 0.836. The van der Waals surface area contributed by atoms with Crippen molar-refractivity contribution in [3.05, 3.63) is 63.6 Å². The summed E-state index contributed by atoms with van der Waals surface area (Å²) in [6, 6.07) is 12.8. The summed E-state index contributed by atoms with van der Waals surface area (Å²) >= 11 is 12.0. The summed E-state index contributed by atoms with van der Waals surface area (Å²) in [7, 11) is 0. The highest BCUT2D eigenvalue weighted by molar-refractivity contribution is 6.34. The Morgan fingerprint density at radius 1 is 1.05 bits per heavy atom. The molecule has 2 nitrogen and oxygen atoms in total. The Labute approximate surface area is 121 Å². The molecular weight excluding hydrogens is 283 g/mol. The average Bonchev–Trinajstić information content (AvgIpc) is 2.37. The SMILES string of the molecule is O[C@@H]1CC(c2cc(Cl)cc(Cl)c2)Oc2ccccc21. The second kappa shape index (κ2) is 5.04. The van der Waals surface area contributed by atoms with Crippen LogP contribution in [0.2, 0.25) is 10.0 Å². The van der Waals surface area contributed by atoms with Gasteiger partial charge in [-0.05, 0) is 29.8 Å². The van der Waals surface area contributed by atoms with Crippen molar-refractivity contribution < 1.29 is 9.84 Å². The molecule has 2 aromatic rings. The molecule has 1 heterocycles. The van der Waals surface area contributed by atoms with Crippen LogP contribution in [0.15, 0.2) is 42.5 Å². The smallest absolute Gasteiger partial charge is 0.127 e. The Bertz CT molecular complexity index is 593. The summed E-state index contributed by atoms with van der Waals surface area (Å²) in [6.07, 6.45) is -0.276. The van der Waals surface area contributed by atoms with Gasteiger partial charge < -0.3 is 9.84 Å². The highest BCUT2D eigenvalue weighted by Gasteiger charge is 2.27. The summed E-state index contributed by atoms with van der Waals surface area (Å²) in [5, 5.41) is 11.3. The molecule has 0 saturated carbocycles. The minimum Gasteiger partial charge on any atom is -0.485 e. The van der Waals surface area contributed by atoms with Crippen LogP contribution < -0.4 is 4.74 Å². The Hall–Kier alpha value is -1.22. The molecule has 2 aromatic carbocycles. The first-order valence-corrected chi connectivity index (χ1v) is 6.79. The van der Waals surface area contributed by atoms with Crippen molar-refractivity contribution in [2.24, 2.45) is 0 Å². The zero-order valence-electron chi connectivity index (χ0n) is 10.0. The number of ether oxygens (including phenoxy) is 1. The fraction of sp³-hybridized carbons (Fsp3) is 0.200. The van der Waals surface area contributed by atoms with Crippen molar-refractivity contribution in [3.63, 3.8) is 0 Å². The highest BCUT2D eigenvalue weighted by Crippen LogP contribution is 2.41. The molecular formula is C15H12Cl2O2. The second-order valence-corrected chi connectivity index (χ2v) is 5.47. The van der Waals surface area contributed by atoms with Gasteiger partial charge in [0.25, 0.3) is 0 Å². The summed E-state index contributed by atoms with van der Waals surface area (Å²) < 4.78 is 5.92. The molecule has 1 N–H and O–H groups in total. The minimum atomic E-state index is -0.535. The van der Waals surface area contributed by atoms with Gasteiger partial charge in [0.2, 0.25) is 0 Å². The number of fused-ring (bicyclic) bond motifs is 1. The molecule has 1 unspecified atom stereocenters. The van der Waals surface area contributed by atoms with Gasteiger partial charge >= 0.3 is 0 Å². The molecule has 0 radical (unpaired) electrons. The van der Waals surface area contributed by atoms with Gasteiger partial charge in [0, 0.05) is 22.0 Å². The molecule has 3 rings (SSSR count). The van der Waals surface area contributed by atoms with Crippen molar-refractivity contribution in [3.8, 4) is 5.75 Å². The topological polar surface area (TPSA) is 29.5 Å². The summed E-state index contributed by atoms with van der Waals surface area (Å²) in [5.74, 6) is 0.711. The number of aliphatic hydroxyl groups excluding tert-OH is 1. The Balaban J connectivity index is 1.96. The van der Waals surface area contributed by atoms with E-state index in [9.17, 15) is 5.11 Å². The third-order valence-electron chi connectivity index (χ3n) is 3.24. The molecule has 98 valence electrons. The van der Waals surface area contributed by atoms with Gasteiger partial charge in [-0.3, -0.25) is 0 Å². The zero-order chi connectivity index (χ0) is 13.4. The van der Waals surface area contributed by atoms with E-state index in [2.05, 4.69) is 0 Å². The first-order chi connectivity index (χ1) is 9.13.